The van der Waals surface area contributed by atoms with Crippen molar-refractivity contribution in [1.82, 2.24) is 4.90 Å². The van der Waals surface area contributed by atoms with Gasteiger partial charge in [0, 0.05) is 32.7 Å². The molecule has 1 N–H and O–H groups in total. The van der Waals surface area contributed by atoms with Gasteiger partial charge in [-0.05, 0) is 40.2 Å². The normalized spacial score (nSPS) is 16.7. The summed E-state index contributed by atoms with van der Waals surface area (Å²) in [6.07, 6.45) is -0.563. The minimum absolute atomic E-state index is 0.183. The molecule has 6 heteroatoms. The predicted octanol–water partition coefficient (Wildman–Crippen LogP) is 3.15. The summed E-state index contributed by atoms with van der Waals surface area (Å²) in [5.74, 6) is 0.545. The number of benzene rings is 2. The van der Waals surface area contributed by atoms with Crippen LogP contribution in [0.25, 0.3) is 0 Å². The van der Waals surface area contributed by atoms with Crippen LogP contribution in [-0.2, 0) is 0 Å². The number of halogens is 2. The van der Waals surface area contributed by atoms with Crippen LogP contribution >= 0.6 is 15.9 Å². The van der Waals surface area contributed by atoms with Crippen LogP contribution in [0, 0.1) is 5.82 Å². The van der Waals surface area contributed by atoms with E-state index in [9.17, 15) is 9.50 Å². The van der Waals surface area contributed by atoms with E-state index in [4.69, 9.17) is 4.74 Å². The quantitative estimate of drug-likeness (QED) is 0.796. The molecule has 1 heterocycles. The molecule has 0 saturated carbocycles. The van der Waals surface area contributed by atoms with Gasteiger partial charge in [0.1, 0.15) is 24.3 Å². The highest BCUT2D eigenvalue weighted by Crippen LogP contribution is 2.24. The lowest BCUT2D eigenvalue weighted by Gasteiger charge is -2.36. The van der Waals surface area contributed by atoms with Crippen molar-refractivity contribution in [2.24, 2.45) is 0 Å². The van der Waals surface area contributed by atoms with Crippen LogP contribution in [0.5, 0.6) is 5.75 Å². The fraction of sp³-hybridized carbons (Fsp3) is 0.368. The first-order chi connectivity index (χ1) is 12.1. The molecule has 1 unspecified atom stereocenters. The second kappa shape index (κ2) is 8.65. The van der Waals surface area contributed by atoms with E-state index in [1.54, 1.807) is 6.07 Å². The molecular weight excluding hydrogens is 387 g/mol. The molecule has 0 aliphatic carbocycles. The highest BCUT2D eigenvalue weighted by atomic mass is 79.9. The van der Waals surface area contributed by atoms with Gasteiger partial charge in [-0.1, -0.05) is 24.3 Å². The van der Waals surface area contributed by atoms with Gasteiger partial charge in [0.15, 0.2) is 0 Å². The number of aliphatic hydroxyl groups excluding tert-OH is 1. The number of rotatable bonds is 6. The first kappa shape index (κ1) is 18.2. The largest absolute Gasteiger partial charge is 0.490 e. The van der Waals surface area contributed by atoms with E-state index in [0.29, 0.717) is 12.2 Å². The SMILES string of the molecule is OC(COc1ccccc1Br)CN1CCN(c2ccccc2F)CC1. The first-order valence-corrected chi connectivity index (χ1v) is 9.20. The lowest BCUT2D eigenvalue weighted by molar-refractivity contribution is 0.0660. The van der Waals surface area contributed by atoms with Gasteiger partial charge in [0.2, 0.25) is 0 Å². The van der Waals surface area contributed by atoms with E-state index in [0.717, 1.165) is 36.4 Å². The average molecular weight is 409 g/mol. The number of ether oxygens (including phenoxy) is 1. The Morgan fingerprint density at radius 2 is 1.72 bits per heavy atom. The molecule has 1 saturated heterocycles. The Hall–Kier alpha value is -1.63. The van der Waals surface area contributed by atoms with Gasteiger partial charge in [-0.25, -0.2) is 4.39 Å². The Balaban J connectivity index is 1.44. The minimum atomic E-state index is -0.563. The van der Waals surface area contributed by atoms with Gasteiger partial charge in [-0.15, -0.1) is 0 Å². The number of hydrogen-bond acceptors (Lipinski definition) is 4. The molecule has 0 amide bonds. The maximum absolute atomic E-state index is 13.9. The first-order valence-electron chi connectivity index (χ1n) is 8.40. The zero-order valence-electron chi connectivity index (χ0n) is 13.9. The molecule has 1 aliphatic heterocycles. The van der Waals surface area contributed by atoms with Gasteiger partial charge in [0.05, 0.1) is 10.2 Å². The highest BCUT2D eigenvalue weighted by molar-refractivity contribution is 9.10. The van der Waals surface area contributed by atoms with E-state index in [2.05, 4.69) is 25.7 Å². The molecule has 134 valence electrons. The maximum atomic E-state index is 13.9. The number of nitrogens with zero attached hydrogens (tertiary/aromatic N) is 2. The van der Waals surface area contributed by atoms with Crippen molar-refractivity contribution >= 4 is 21.6 Å². The van der Waals surface area contributed by atoms with Crippen molar-refractivity contribution in [3.05, 3.63) is 58.8 Å². The second-order valence-electron chi connectivity index (χ2n) is 6.13. The zero-order chi connectivity index (χ0) is 17.6. The molecule has 1 aliphatic rings. The van der Waals surface area contributed by atoms with Crippen molar-refractivity contribution in [3.8, 4) is 5.75 Å². The van der Waals surface area contributed by atoms with Gasteiger partial charge < -0.3 is 14.7 Å². The van der Waals surface area contributed by atoms with E-state index in [1.165, 1.54) is 6.07 Å². The minimum Gasteiger partial charge on any atom is -0.490 e. The summed E-state index contributed by atoms with van der Waals surface area (Å²) < 4.78 is 20.4. The number of β-amino-alcohol motifs (C(OH)–C–C–N with tert-alkyl or cyclic N) is 1. The number of hydrogen-bond donors (Lipinski definition) is 1. The van der Waals surface area contributed by atoms with Gasteiger partial charge in [0.25, 0.3) is 0 Å². The van der Waals surface area contributed by atoms with Crippen molar-refractivity contribution in [2.45, 2.75) is 6.10 Å². The van der Waals surface area contributed by atoms with Gasteiger partial charge >= 0.3 is 0 Å². The molecule has 4 nitrogen and oxygen atoms in total. The fourth-order valence-corrected chi connectivity index (χ4v) is 3.38. The number of para-hydroxylation sites is 2. The third-order valence-corrected chi connectivity index (χ3v) is 4.96. The van der Waals surface area contributed by atoms with Crippen LogP contribution in [0.1, 0.15) is 0 Å². The standard InChI is InChI=1S/C19H22BrFN2O2/c20-16-5-1-4-8-19(16)25-14-15(24)13-22-9-11-23(12-10-22)18-7-3-2-6-17(18)21/h1-8,15,24H,9-14H2. The highest BCUT2D eigenvalue weighted by Gasteiger charge is 2.21. The molecule has 25 heavy (non-hydrogen) atoms. The molecule has 1 atom stereocenters. The Morgan fingerprint density at radius 3 is 2.44 bits per heavy atom. The third kappa shape index (κ3) is 4.93. The summed E-state index contributed by atoms with van der Waals surface area (Å²) in [5.41, 5.74) is 0.653. The monoisotopic (exact) mass is 408 g/mol. The van der Waals surface area contributed by atoms with Crippen LogP contribution in [-0.4, -0.2) is 55.4 Å². The number of aliphatic hydroxyl groups is 1. The fourth-order valence-electron chi connectivity index (χ4n) is 2.98. The van der Waals surface area contributed by atoms with Gasteiger partial charge in [-0.3, -0.25) is 4.90 Å². The molecule has 1 fully saturated rings. The van der Waals surface area contributed by atoms with Crippen LogP contribution in [0.15, 0.2) is 53.0 Å². The van der Waals surface area contributed by atoms with Gasteiger partial charge in [-0.2, -0.15) is 0 Å². The lowest BCUT2D eigenvalue weighted by Crippen LogP contribution is -2.49. The summed E-state index contributed by atoms with van der Waals surface area (Å²) >= 11 is 3.43. The summed E-state index contributed by atoms with van der Waals surface area (Å²) in [4.78, 5) is 4.24. The Bertz CT molecular complexity index is 693. The van der Waals surface area contributed by atoms with E-state index >= 15 is 0 Å². The Labute approximate surface area is 155 Å². The molecule has 3 rings (SSSR count). The molecular formula is C19H22BrFN2O2. The van der Waals surface area contributed by atoms with Crippen molar-refractivity contribution < 1.29 is 14.2 Å². The smallest absolute Gasteiger partial charge is 0.146 e. The molecule has 2 aromatic carbocycles. The maximum Gasteiger partial charge on any atom is 0.146 e. The molecule has 0 spiro atoms. The summed E-state index contributed by atoms with van der Waals surface area (Å²) in [5, 5.41) is 10.2. The zero-order valence-corrected chi connectivity index (χ0v) is 15.5. The molecule has 0 radical (unpaired) electrons. The Kier molecular flexibility index (Phi) is 6.29. The summed E-state index contributed by atoms with van der Waals surface area (Å²) in [6, 6.07) is 14.4. The molecule has 0 bridgehead atoms. The van der Waals surface area contributed by atoms with Crippen molar-refractivity contribution in [3.63, 3.8) is 0 Å². The van der Waals surface area contributed by atoms with Crippen molar-refractivity contribution in [2.75, 3.05) is 44.2 Å². The molecule has 2 aromatic rings. The third-order valence-electron chi connectivity index (χ3n) is 4.30. The van der Waals surface area contributed by atoms with E-state index in [1.807, 2.05) is 36.4 Å². The van der Waals surface area contributed by atoms with E-state index < -0.39 is 6.10 Å². The Morgan fingerprint density at radius 1 is 1.04 bits per heavy atom. The summed E-state index contributed by atoms with van der Waals surface area (Å²) in [6.45, 7) is 3.88. The lowest BCUT2D eigenvalue weighted by atomic mass is 10.2. The topological polar surface area (TPSA) is 35.9 Å². The van der Waals surface area contributed by atoms with Crippen LogP contribution in [0.4, 0.5) is 10.1 Å². The summed E-state index contributed by atoms with van der Waals surface area (Å²) in [7, 11) is 0. The van der Waals surface area contributed by atoms with E-state index in [-0.39, 0.29) is 12.4 Å². The van der Waals surface area contributed by atoms with Crippen LogP contribution in [0.2, 0.25) is 0 Å². The second-order valence-corrected chi connectivity index (χ2v) is 6.99. The number of anilines is 1. The molecule has 0 aromatic heterocycles. The van der Waals surface area contributed by atoms with Crippen LogP contribution < -0.4 is 9.64 Å². The average Bonchev–Trinajstić information content (AvgIpc) is 2.62. The van der Waals surface area contributed by atoms with Crippen LogP contribution in [0.3, 0.4) is 0 Å². The van der Waals surface area contributed by atoms with Crippen molar-refractivity contribution in [1.29, 1.82) is 0 Å². The predicted molar refractivity (Wildman–Crippen MR) is 101 cm³/mol. The number of piperazine rings is 1.